The Morgan fingerprint density at radius 3 is 2.67 bits per heavy atom. The number of anilines is 1. The zero-order valence-electron chi connectivity index (χ0n) is 12.8. The number of ether oxygens (including phenoxy) is 1. The lowest BCUT2D eigenvalue weighted by Crippen LogP contribution is -2.37. The van der Waals surface area contributed by atoms with Crippen LogP contribution in [0.3, 0.4) is 0 Å². The standard InChI is InChI=1S/C17H16N2O4S/c20-15(19-17(22)18-12-6-2-1-3-7-12)10-23-16(21)14-9-11-5-4-8-13(11)24-14/h1-3,6-7,9H,4-5,8,10H2,(H2,18,19,20,22). The number of benzene rings is 1. The first-order valence-electron chi connectivity index (χ1n) is 7.56. The van der Waals surface area contributed by atoms with Crippen LogP contribution in [0.4, 0.5) is 10.5 Å². The lowest BCUT2D eigenvalue weighted by atomic mass is 10.2. The molecule has 0 saturated carbocycles. The Bertz CT molecular complexity index is 749. The van der Waals surface area contributed by atoms with Crippen molar-refractivity contribution >= 4 is 34.9 Å². The van der Waals surface area contributed by atoms with Gasteiger partial charge < -0.3 is 10.1 Å². The quantitative estimate of drug-likeness (QED) is 0.835. The normalized spacial score (nSPS) is 12.3. The van der Waals surface area contributed by atoms with E-state index in [2.05, 4.69) is 10.6 Å². The fourth-order valence-corrected chi connectivity index (χ4v) is 3.63. The summed E-state index contributed by atoms with van der Waals surface area (Å²) in [4.78, 5) is 37.0. The van der Waals surface area contributed by atoms with E-state index in [0.717, 1.165) is 19.3 Å². The molecular weight excluding hydrogens is 328 g/mol. The highest BCUT2D eigenvalue weighted by atomic mass is 32.1. The van der Waals surface area contributed by atoms with Gasteiger partial charge in [0.2, 0.25) is 0 Å². The molecule has 6 nitrogen and oxygen atoms in total. The van der Waals surface area contributed by atoms with Gasteiger partial charge in [-0.25, -0.2) is 9.59 Å². The molecule has 1 aliphatic carbocycles. The summed E-state index contributed by atoms with van der Waals surface area (Å²) < 4.78 is 4.96. The molecule has 0 unspecified atom stereocenters. The van der Waals surface area contributed by atoms with E-state index in [4.69, 9.17) is 4.74 Å². The Hall–Kier alpha value is -2.67. The third-order valence-electron chi connectivity index (χ3n) is 3.57. The molecule has 7 heteroatoms. The van der Waals surface area contributed by atoms with Gasteiger partial charge in [-0.2, -0.15) is 0 Å². The van der Waals surface area contributed by atoms with Crippen molar-refractivity contribution in [3.63, 3.8) is 0 Å². The van der Waals surface area contributed by atoms with Gasteiger partial charge in [0, 0.05) is 10.6 Å². The van der Waals surface area contributed by atoms with E-state index in [1.165, 1.54) is 21.8 Å². The zero-order valence-corrected chi connectivity index (χ0v) is 13.7. The molecule has 0 saturated heterocycles. The monoisotopic (exact) mass is 344 g/mol. The Balaban J connectivity index is 1.44. The van der Waals surface area contributed by atoms with E-state index in [9.17, 15) is 14.4 Å². The number of fused-ring (bicyclic) bond motifs is 1. The Kier molecular flexibility index (Phi) is 4.90. The molecule has 1 aliphatic rings. The number of rotatable bonds is 4. The van der Waals surface area contributed by atoms with Crippen LogP contribution in [-0.2, 0) is 22.4 Å². The number of amides is 3. The molecule has 0 fully saturated rings. The molecule has 124 valence electrons. The van der Waals surface area contributed by atoms with Crippen molar-refractivity contribution < 1.29 is 19.1 Å². The third-order valence-corrected chi connectivity index (χ3v) is 4.78. The zero-order chi connectivity index (χ0) is 16.9. The van der Waals surface area contributed by atoms with Crippen molar-refractivity contribution in [1.29, 1.82) is 0 Å². The van der Waals surface area contributed by atoms with Crippen LogP contribution >= 0.6 is 11.3 Å². The number of nitrogens with one attached hydrogen (secondary N) is 2. The van der Waals surface area contributed by atoms with Gasteiger partial charge in [-0.15, -0.1) is 11.3 Å². The molecule has 0 bridgehead atoms. The second-order valence-electron chi connectivity index (χ2n) is 5.36. The molecule has 1 heterocycles. The predicted octanol–water partition coefficient (Wildman–Crippen LogP) is 2.74. The van der Waals surface area contributed by atoms with Crippen LogP contribution in [0.2, 0.25) is 0 Å². The summed E-state index contributed by atoms with van der Waals surface area (Å²) in [5.74, 6) is -1.21. The first-order chi connectivity index (χ1) is 11.6. The Morgan fingerprint density at radius 1 is 1.12 bits per heavy atom. The van der Waals surface area contributed by atoms with Gasteiger partial charge >= 0.3 is 12.0 Å². The minimum absolute atomic E-state index is 0.496. The molecule has 0 spiro atoms. The number of imide groups is 1. The van der Waals surface area contributed by atoms with Crippen LogP contribution < -0.4 is 10.6 Å². The summed E-state index contributed by atoms with van der Waals surface area (Å²) in [7, 11) is 0. The molecule has 1 aromatic heterocycles. The lowest BCUT2D eigenvalue weighted by Gasteiger charge is -2.07. The molecule has 2 aromatic rings. The van der Waals surface area contributed by atoms with Crippen molar-refractivity contribution in [1.82, 2.24) is 5.32 Å². The summed E-state index contributed by atoms with van der Waals surface area (Å²) >= 11 is 1.41. The maximum atomic E-state index is 11.9. The molecule has 3 amide bonds. The van der Waals surface area contributed by atoms with Gasteiger partial charge in [0.25, 0.3) is 5.91 Å². The topological polar surface area (TPSA) is 84.5 Å². The maximum Gasteiger partial charge on any atom is 0.348 e. The molecule has 2 N–H and O–H groups in total. The molecule has 0 aliphatic heterocycles. The SMILES string of the molecule is O=C(COC(=O)c1cc2c(s1)CCC2)NC(=O)Nc1ccccc1. The first kappa shape index (κ1) is 16.2. The summed E-state index contributed by atoms with van der Waals surface area (Å²) in [6, 6.07) is 9.89. The smallest absolute Gasteiger partial charge is 0.348 e. The summed E-state index contributed by atoms with van der Waals surface area (Å²) in [5, 5.41) is 4.62. The largest absolute Gasteiger partial charge is 0.451 e. The first-order valence-corrected chi connectivity index (χ1v) is 8.38. The molecular formula is C17H16N2O4S. The van der Waals surface area contributed by atoms with E-state index >= 15 is 0 Å². The second kappa shape index (κ2) is 7.27. The summed E-state index contributed by atoms with van der Waals surface area (Å²) in [6.07, 6.45) is 3.10. The fraction of sp³-hybridized carbons (Fsp3) is 0.235. The lowest BCUT2D eigenvalue weighted by molar-refractivity contribution is -0.123. The molecule has 0 atom stereocenters. The van der Waals surface area contributed by atoms with Gasteiger partial charge in [-0.1, -0.05) is 18.2 Å². The highest BCUT2D eigenvalue weighted by molar-refractivity contribution is 7.14. The number of para-hydroxylation sites is 1. The van der Waals surface area contributed by atoms with E-state index in [1.807, 2.05) is 12.1 Å². The number of carbonyl (C=O) groups excluding carboxylic acids is 3. The highest BCUT2D eigenvalue weighted by Crippen LogP contribution is 2.30. The van der Waals surface area contributed by atoms with Crippen molar-refractivity contribution in [3.8, 4) is 0 Å². The fourth-order valence-electron chi connectivity index (χ4n) is 2.48. The predicted molar refractivity (Wildman–Crippen MR) is 90.2 cm³/mol. The number of thiophene rings is 1. The van der Waals surface area contributed by atoms with Crippen LogP contribution in [0, 0.1) is 0 Å². The average Bonchev–Trinajstić information content (AvgIpc) is 3.15. The van der Waals surface area contributed by atoms with E-state index in [1.54, 1.807) is 24.3 Å². The summed E-state index contributed by atoms with van der Waals surface area (Å²) in [5.41, 5.74) is 1.76. The Labute approximate surface area is 142 Å². The number of carbonyl (C=O) groups is 3. The molecule has 3 rings (SSSR count). The van der Waals surface area contributed by atoms with Crippen LogP contribution in [0.15, 0.2) is 36.4 Å². The molecule has 0 radical (unpaired) electrons. The van der Waals surface area contributed by atoms with Gasteiger partial charge in [-0.3, -0.25) is 10.1 Å². The highest BCUT2D eigenvalue weighted by Gasteiger charge is 2.20. The number of aryl methyl sites for hydroxylation is 2. The summed E-state index contributed by atoms with van der Waals surface area (Å²) in [6.45, 7) is -0.496. The second-order valence-corrected chi connectivity index (χ2v) is 6.49. The van der Waals surface area contributed by atoms with Crippen LogP contribution in [0.5, 0.6) is 0 Å². The van der Waals surface area contributed by atoms with Gasteiger partial charge in [0.1, 0.15) is 4.88 Å². The number of urea groups is 1. The van der Waals surface area contributed by atoms with E-state index in [-0.39, 0.29) is 0 Å². The maximum absolute atomic E-state index is 11.9. The van der Waals surface area contributed by atoms with Crippen molar-refractivity contribution in [3.05, 3.63) is 51.7 Å². The van der Waals surface area contributed by atoms with Crippen LogP contribution in [-0.4, -0.2) is 24.5 Å². The minimum Gasteiger partial charge on any atom is -0.451 e. The molecule has 1 aromatic carbocycles. The van der Waals surface area contributed by atoms with E-state index in [0.29, 0.717) is 10.6 Å². The number of hydrogen-bond donors (Lipinski definition) is 2. The number of hydrogen-bond acceptors (Lipinski definition) is 5. The van der Waals surface area contributed by atoms with Crippen LogP contribution in [0.25, 0.3) is 0 Å². The number of esters is 1. The van der Waals surface area contributed by atoms with Gasteiger partial charge in [0.15, 0.2) is 6.61 Å². The van der Waals surface area contributed by atoms with Crippen molar-refractivity contribution in [2.45, 2.75) is 19.3 Å². The van der Waals surface area contributed by atoms with Gasteiger partial charge in [-0.05, 0) is 43.0 Å². The average molecular weight is 344 g/mol. The van der Waals surface area contributed by atoms with Gasteiger partial charge in [0.05, 0.1) is 0 Å². The molecule has 24 heavy (non-hydrogen) atoms. The van der Waals surface area contributed by atoms with E-state index < -0.39 is 24.5 Å². The minimum atomic E-state index is -0.680. The third kappa shape index (κ3) is 3.99. The van der Waals surface area contributed by atoms with Crippen molar-refractivity contribution in [2.24, 2.45) is 0 Å². The van der Waals surface area contributed by atoms with Crippen molar-refractivity contribution in [2.75, 3.05) is 11.9 Å². The van der Waals surface area contributed by atoms with Crippen LogP contribution in [0.1, 0.15) is 26.5 Å². The Morgan fingerprint density at radius 2 is 1.92 bits per heavy atom.